The Morgan fingerprint density at radius 3 is 2.67 bits per heavy atom. The maximum atomic E-state index is 12.7. The summed E-state index contributed by atoms with van der Waals surface area (Å²) < 4.78 is 20.8. The third kappa shape index (κ3) is 1.75. The van der Waals surface area contributed by atoms with E-state index < -0.39 is 11.0 Å². The lowest BCUT2D eigenvalue weighted by atomic mass is 9.98. The van der Waals surface area contributed by atoms with Gasteiger partial charge in [0.2, 0.25) is 0 Å². The Hall–Kier alpha value is 0.180. The summed E-state index contributed by atoms with van der Waals surface area (Å²) in [5.41, 5.74) is 0.852. The molecule has 0 bridgehead atoms. The monoisotopic (exact) mass is 350 g/mol. The molecule has 4 nitrogen and oxygen atoms in total. The molecule has 3 heterocycles. The summed E-state index contributed by atoms with van der Waals surface area (Å²) in [7, 11) is -1.04. The molecular formula is C11H15BrN2O2S2. The van der Waals surface area contributed by atoms with Crippen LogP contribution in [0.5, 0.6) is 0 Å². The minimum atomic E-state index is -1.04. The van der Waals surface area contributed by atoms with Gasteiger partial charge in [0.1, 0.15) is 16.5 Å². The first-order valence-corrected chi connectivity index (χ1v) is 8.49. The van der Waals surface area contributed by atoms with Crippen molar-refractivity contribution in [1.29, 1.82) is 0 Å². The van der Waals surface area contributed by atoms with E-state index in [4.69, 9.17) is 4.74 Å². The minimum Gasteiger partial charge on any atom is -0.377 e. The van der Waals surface area contributed by atoms with Crippen molar-refractivity contribution in [3.63, 3.8) is 0 Å². The van der Waals surface area contributed by atoms with Gasteiger partial charge in [0.25, 0.3) is 0 Å². The first-order valence-electron chi connectivity index (χ1n) is 5.78. The van der Waals surface area contributed by atoms with Crippen LogP contribution in [0.4, 0.5) is 0 Å². The van der Waals surface area contributed by atoms with E-state index in [0.29, 0.717) is 19.8 Å². The van der Waals surface area contributed by atoms with Crippen LogP contribution < -0.4 is 0 Å². The fraction of sp³-hybridized carbons (Fsp3) is 0.727. The maximum absolute atomic E-state index is 12.7. The number of aromatic nitrogens is 1. The zero-order valence-electron chi connectivity index (χ0n) is 10.5. The summed E-state index contributed by atoms with van der Waals surface area (Å²) in [6, 6.07) is 0. The van der Waals surface area contributed by atoms with Crippen molar-refractivity contribution >= 4 is 38.3 Å². The second-order valence-corrected chi connectivity index (χ2v) is 10.1. The van der Waals surface area contributed by atoms with Gasteiger partial charge in [-0.05, 0) is 36.7 Å². The number of hydrogen-bond acceptors (Lipinski definition) is 4. The van der Waals surface area contributed by atoms with E-state index in [1.807, 2.05) is 20.8 Å². The normalized spacial score (nSPS) is 24.0. The van der Waals surface area contributed by atoms with Gasteiger partial charge < -0.3 is 4.74 Å². The van der Waals surface area contributed by atoms with Crippen molar-refractivity contribution in [2.75, 3.05) is 13.2 Å². The van der Waals surface area contributed by atoms with Crippen molar-refractivity contribution in [2.45, 2.75) is 37.6 Å². The molecule has 1 aromatic heterocycles. The first-order chi connectivity index (χ1) is 8.34. The number of thiazole rings is 1. The summed E-state index contributed by atoms with van der Waals surface area (Å²) in [4.78, 5) is 5.71. The van der Waals surface area contributed by atoms with Crippen molar-refractivity contribution in [3.8, 4) is 0 Å². The van der Waals surface area contributed by atoms with Crippen LogP contribution in [0.3, 0.4) is 0 Å². The molecule has 1 aromatic rings. The van der Waals surface area contributed by atoms with Crippen LogP contribution >= 0.6 is 27.3 Å². The van der Waals surface area contributed by atoms with E-state index in [2.05, 4.69) is 25.2 Å². The standard InChI is InChI=1S/C11H15BrN2O2S2/c1-10(2,3)18(15)14-4-7-8(17-9(12)13-7)11(14)5-16-6-11/h4-6H2,1-3H3. The molecule has 1 spiro atoms. The number of hydrogen-bond donors (Lipinski definition) is 0. The smallest absolute Gasteiger partial charge is 0.159 e. The zero-order chi connectivity index (χ0) is 13.1. The van der Waals surface area contributed by atoms with Crippen molar-refractivity contribution < 1.29 is 8.95 Å². The molecular weight excluding hydrogens is 336 g/mol. The second-order valence-electron chi connectivity index (χ2n) is 5.67. The summed E-state index contributed by atoms with van der Waals surface area (Å²) in [6.07, 6.45) is 0. The van der Waals surface area contributed by atoms with Crippen LogP contribution in [0.25, 0.3) is 0 Å². The minimum absolute atomic E-state index is 0.197. The van der Waals surface area contributed by atoms with Gasteiger partial charge in [0.15, 0.2) is 3.92 Å². The molecule has 100 valence electrons. The largest absolute Gasteiger partial charge is 0.377 e. The Morgan fingerprint density at radius 1 is 1.50 bits per heavy atom. The fourth-order valence-corrected chi connectivity index (χ4v) is 5.46. The Kier molecular flexibility index (Phi) is 2.99. The van der Waals surface area contributed by atoms with E-state index in [1.165, 1.54) is 4.88 Å². The molecule has 0 radical (unpaired) electrons. The molecule has 2 aliphatic rings. The summed E-state index contributed by atoms with van der Waals surface area (Å²) in [5.74, 6) is 0. The Balaban J connectivity index is 2.01. The average molecular weight is 351 g/mol. The Labute approximate surface area is 121 Å². The predicted molar refractivity (Wildman–Crippen MR) is 75.7 cm³/mol. The molecule has 2 aliphatic heterocycles. The van der Waals surface area contributed by atoms with E-state index in [1.54, 1.807) is 11.3 Å². The topological polar surface area (TPSA) is 42.4 Å². The van der Waals surface area contributed by atoms with Crippen LogP contribution in [-0.2, 0) is 27.8 Å². The quantitative estimate of drug-likeness (QED) is 0.780. The van der Waals surface area contributed by atoms with Crippen molar-refractivity contribution in [1.82, 2.24) is 9.29 Å². The van der Waals surface area contributed by atoms with Gasteiger partial charge in [-0.15, -0.1) is 11.3 Å². The van der Waals surface area contributed by atoms with E-state index >= 15 is 0 Å². The van der Waals surface area contributed by atoms with Crippen LogP contribution in [-0.4, -0.2) is 31.5 Å². The molecule has 0 amide bonds. The fourth-order valence-electron chi connectivity index (χ4n) is 2.31. The number of halogens is 1. The van der Waals surface area contributed by atoms with Crippen LogP contribution in [0, 0.1) is 0 Å². The second kappa shape index (κ2) is 4.09. The number of ether oxygens (including phenoxy) is 1. The van der Waals surface area contributed by atoms with Gasteiger partial charge in [-0.25, -0.2) is 13.5 Å². The third-order valence-corrected chi connectivity index (χ3v) is 6.94. The Morgan fingerprint density at radius 2 is 2.17 bits per heavy atom. The molecule has 0 aliphatic carbocycles. The lowest BCUT2D eigenvalue weighted by molar-refractivity contribution is -0.107. The predicted octanol–water partition coefficient (Wildman–Crippen LogP) is 2.41. The lowest BCUT2D eigenvalue weighted by Crippen LogP contribution is -2.58. The van der Waals surface area contributed by atoms with Gasteiger partial charge in [-0.3, -0.25) is 0 Å². The van der Waals surface area contributed by atoms with Gasteiger partial charge in [-0.1, -0.05) is 0 Å². The van der Waals surface area contributed by atoms with Gasteiger partial charge in [0.05, 0.1) is 35.1 Å². The SMILES string of the molecule is CC(C)(C)S(=O)N1Cc2nc(Br)sc2C12COC2. The highest BCUT2D eigenvalue weighted by molar-refractivity contribution is 9.11. The van der Waals surface area contributed by atoms with Gasteiger partial charge in [-0.2, -0.15) is 0 Å². The average Bonchev–Trinajstić information content (AvgIpc) is 2.66. The van der Waals surface area contributed by atoms with Crippen molar-refractivity contribution in [2.24, 2.45) is 0 Å². The van der Waals surface area contributed by atoms with Gasteiger partial charge >= 0.3 is 0 Å². The molecule has 0 N–H and O–H groups in total. The highest BCUT2D eigenvalue weighted by atomic mass is 79.9. The van der Waals surface area contributed by atoms with Crippen LogP contribution in [0.2, 0.25) is 0 Å². The molecule has 7 heteroatoms. The highest BCUT2D eigenvalue weighted by Crippen LogP contribution is 2.49. The van der Waals surface area contributed by atoms with Crippen LogP contribution in [0.1, 0.15) is 31.3 Å². The zero-order valence-corrected chi connectivity index (χ0v) is 13.7. The van der Waals surface area contributed by atoms with E-state index in [-0.39, 0.29) is 10.3 Å². The first kappa shape index (κ1) is 13.2. The summed E-state index contributed by atoms with van der Waals surface area (Å²) in [6.45, 7) is 7.92. The molecule has 0 aromatic carbocycles. The summed E-state index contributed by atoms with van der Waals surface area (Å²) >= 11 is 5.07. The molecule has 18 heavy (non-hydrogen) atoms. The number of fused-ring (bicyclic) bond motifs is 2. The molecule has 1 unspecified atom stereocenters. The molecule has 1 saturated heterocycles. The molecule has 3 rings (SSSR count). The van der Waals surface area contributed by atoms with Gasteiger partial charge in [0, 0.05) is 0 Å². The van der Waals surface area contributed by atoms with Crippen molar-refractivity contribution in [3.05, 3.63) is 14.5 Å². The Bertz CT molecular complexity index is 520. The highest BCUT2D eigenvalue weighted by Gasteiger charge is 2.56. The maximum Gasteiger partial charge on any atom is 0.159 e. The van der Waals surface area contributed by atoms with Crippen LogP contribution in [0.15, 0.2) is 3.92 Å². The third-order valence-electron chi connectivity index (χ3n) is 3.27. The molecule has 1 fully saturated rings. The lowest BCUT2D eigenvalue weighted by Gasteiger charge is -2.45. The van der Waals surface area contributed by atoms with E-state index in [0.717, 1.165) is 9.61 Å². The van der Waals surface area contributed by atoms with E-state index in [9.17, 15) is 4.21 Å². The molecule has 0 saturated carbocycles. The molecule has 1 atom stereocenters. The number of rotatable bonds is 1. The summed E-state index contributed by atoms with van der Waals surface area (Å²) in [5, 5.41) is 0. The number of nitrogens with zero attached hydrogens (tertiary/aromatic N) is 2.